The maximum absolute atomic E-state index is 11.8. The highest BCUT2D eigenvalue weighted by Gasteiger charge is 2.07. The number of carbonyl (C=O) groups is 1. The fraction of sp³-hybridized carbons (Fsp3) is 0.0909. The molecule has 0 radical (unpaired) electrons. The van der Waals surface area contributed by atoms with Gasteiger partial charge in [0.15, 0.2) is 4.34 Å². The molecule has 0 unspecified atom stereocenters. The molecule has 1 amide bonds. The van der Waals surface area contributed by atoms with Crippen molar-refractivity contribution in [3.05, 3.63) is 36.1 Å². The van der Waals surface area contributed by atoms with Crippen molar-refractivity contribution < 1.29 is 4.79 Å². The molecular weight excluding hydrogens is 282 g/mol. The smallest absolute Gasteiger partial charge is 0.249 e. The van der Waals surface area contributed by atoms with Gasteiger partial charge in [0, 0.05) is 0 Å². The van der Waals surface area contributed by atoms with Gasteiger partial charge in [0.05, 0.1) is 16.8 Å². The second-order valence-corrected chi connectivity index (χ2v) is 5.69. The molecule has 2 heterocycles. The number of amides is 1. The summed E-state index contributed by atoms with van der Waals surface area (Å²) >= 11 is 2.78. The van der Waals surface area contributed by atoms with E-state index in [1.165, 1.54) is 23.1 Å². The van der Waals surface area contributed by atoms with E-state index in [0.29, 0.717) is 5.75 Å². The number of nitrogens with zero attached hydrogens (tertiary/aromatic N) is 4. The lowest BCUT2D eigenvalue weighted by molar-refractivity contribution is -0.114. The molecule has 6 nitrogen and oxygen atoms in total. The maximum Gasteiger partial charge on any atom is 0.249 e. The van der Waals surface area contributed by atoms with E-state index in [1.54, 1.807) is 16.5 Å². The van der Waals surface area contributed by atoms with E-state index in [9.17, 15) is 4.79 Å². The summed E-state index contributed by atoms with van der Waals surface area (Å²) in [5.74, 6) is 0.185. The topological polar surface area (TPSA) is 72.7 Å². The van der Waals surface area contributed by atoms with Gasteiger partial charge in [-0.2, -0.15) is 0 Å². The van der Waals surface area contributed by atoms with Crippen LogP contribution in [0.25, 0.3) is 11.0 Å². The highest BCUT2D eigenvalue weighted by molar-refractivity contribution is 8.01. The average Bonchev–Trinajstić information content (AvgIpc) is 3.07. The van der Waals surface area contributed by atoms with Gasteiger partial charge in [-0.15, -0.1) is 10.2 Å². The number of benzene rings is 1. The van der Waals surface area contributed by atoms with Crippen LogP contribution >= 0.6 is 23.1 Å². The molecule has 0 spiro atoms. The van der Waals surface area contributed by atoms with Crippen LogP contribution in [0.2, 0.25) is 0 Å². The Morgan fingerprint density at radius 3 is 3.16 bits per heavy atom. The Balaban J connectivity index is 1.66. The minimum absolute atomic E-state index is 0.108. The number of rotatable bonds is 4. The van der Waals surface area contributed by atoms with Crippen molar-refractivity contribution >= 4 is 40.0 Å². The van der Waals surface area contributed by atoms with E-state index >= 15 is 0 Å². The maximum atomic E-state index is 11.8. The molecule has 0 bridgehead atoms. The molecule has 0 saturated carbocycles. The first-order valence-electron chi connectivity index (χ1n) is 5.44. The van der Waals surface area contributed by atoms with Gasteiger partial charge in [-0.25, -0.2) is 9.66 Å². The number of hydrogen-bond donors (Lipinski definition) is 1. The van der Waals surface area contributed by atoms with E-state index in [-0.39, 0.29) is 5.91 Å². The normalized spacial score (nSPS) is 10.7. The molecule has 3 aromatic rings. The predicted octanol–water partition coefficient (Wildman–Crippen LogP) is 1.75. The van der Waals surface area contributed by atoms with Gasteiger partial charge in [0.25, 0.3) is 0 Å². The minimum Gasteiger partial charge on any atom is -0.272 e. The van der Waals surface area contributed by atoms with Gasteiger partial charge in [-0.3, -0.25) is 10.2 Å². The third-order valence-electron chi connectivity index (χ3n) is 2.37. The highest BCUT2D eigenvalue weighted by atomic mass is 32.2. The fourth-order valence-corrected chi connectivity index (χ4v) is 2.85. The summed E-state index contributed by atoms with van der Waals surface area (Å²) in [7, 11) is 0. The van der Waals surface area contributed by atoms with Crippen LogP contribution < -0.4 is 5.43 Å². The summed E-state index contributed by atoms with van der Waals surface area (Å²) in [5, 5.41) is 7.59. The summed E-state index contributed by atoms with van der Waals surface area (Å²) in [6.07, 6.45) is 1.60. The van der Waals surface area contributed by atoms with Crippen LogP contribution in [0.1, 0.15) is 0 Å². The lowest BCUT2D eigenvalue weighted by Crippen LogP contribution is -2.23. The molecule has 0 aliphatic rings. The standard InChI is InChI=1S/C11H9N5OS2/c17-10(5-18-11-14-13-7-19-11)15-16-6-12-8-3-1-2-4-9(8)16/h1-4,6-7H,5H2,(H,15,17). The van der Waals surface area contributed by atoms with Crippen LogP contribution in [-0.2, 0) is 4.79 Å². The molecule has 0 aliphatic carbocycles. The second-order valence-electron chi connectivity index (χ2n) is 3.63. The van der Waals surface area contributed by atoms with E-state index in [4.69, 9.17) is 0 Å². The molecule has 0 saturated heterocycles. The summed E-state index contributed by atoms with van der Waals surface area (Å²) < 4.78 is 2.41. The quantitative estimate of drug-likeness (QED) is 0.741. The first kappa shape index (κ1) is 12.1. The molecule has 0 aliphatic heterocycles. The predicted molar refractivity (Wildman–Crippen MR) is 74.7 cm³/mol. The number of nitrogens with one attached hydrogen (secondary N) is 1. The van der Waals surface area contributed by atoms with Gasteiger partial charge in [-0.1, -0.05) is 35.2 Å². The van der Waals surface area contributed by atoms with Crippen LogP contribution in [-0.4, -0.2) is 31.5 Å². The number of aromatic nitrogens is 4. The average molecular weight is 291 g/mol. The molecule has 96 valence electrons. The Hall–Kier alpha value is -1.93. The number of para-hydroxylation sites is 2. The monoisotopic (exact) mass is 291 g/mol. The highest BCUT2D eigenvalue weighted by Crippen LogP contribution is 2.18. The third-order valence-corrected chi connectivity index (χ3v) is 4.23. The van der Waals surface area contributed by atoms with Crippen LogP contribution in [0.4, 0.5) is 0 Å². The Morgan fingerprint density at radius 1 is 1.42 bits per heavy atom. The first-order valence-corrected chi connectivity index (χ1v) is 7.30. The zero-order valence-corrected chi connectivity index (χ0v) is 11.3. The summed E-state index contributed by atoms with van der Waals surface area (Å²) in [6.45, 7) is 0. The molecule has 1 N–H and O–H groups in total. The number of carbonyl (C=O) groups excluding carboxylic acids is 1. The molecule has 0 fully saturated rings. The molecule has 1 aromatic carbocycles. The molecule has 0 atom stereocenters. The first-order chi connectivity index (χ1) is 9.33. The third kappa shape index (κ3) is 2.74. The lowest BCUT2D eigenvalue weighted by atomic mass is 10.3. The molecule has 3 rings (SSSR count). The van der Waals surface area contributed by atoms with Gasteiger partial charge in [0.1, 0.15) is 11.8 Å². The fourth-order valence-electron chi connectivity index (χ4n) is 1.57. The number of fused-ring (bicyclic) bond motifs is 1. The number of thioether (sulfide) groups is 1. The van der Waals surface area contributed by atoms with Crippen LogP contribution in [0, 0.1) is 0 Å². The van der Waals surface area contributed by atoms with Crippen molar-refractivity contribution in [1.82, 2.24) is 19.9 Å². The van der Waals surface area contributed by atoms with E-state index in [0.717, 1.165) is 15.4 Å². The Kier molecular flexibility index (Phi) is 3.43. The van der Waals surface area contributed by atoms with Crippen LogP contribution in [0.5, 0.6) is 0 Å². The van der Waals surface area contributed by atoms with Gasteiger partial charge < -0.3 is 0 Å². The Labute approximate surface area is 116 Å². The van der Waals surface area contributed by atoms with Gasteiger partial charge >= 0.3 is 0 Å². The molecule has 2 aromatic heterocycles. The number of imidazole rings is 1. The van der Waals surface area contributed by atoms with Crippen LogP contribution in [0.3, 0.4) is 0 Å². The van der Waals surface area contributed by atoms with Crippen molar-refractivity contribution in [3.63, 3.8) is 0 Å². The SMILES string of the molecule is O=C(CSc1nncs1)Nn1cnc2ccccc21. The minimum atomic E-state index is -0.108. The summed E-state index contributed by atoms with van der Waals surface area (Å²) in [4.78, 5) is 16.0. The van der Waals surface area contributed by atoms with Crippen molar-refractivity contribution in [1.29, 1.82) is 0 Å². The summed E-state index contributed by atoms with van der Waals surface area (Å²) in [6, 6.07) is 7.62. The lowest BCUT2D eigenvalue weighted by Gasteiger charge is -2.05. The van der Waals surface area contributed by atoms with Gasteiger partial charge in [-0.05, 0) is 12.1 Å². The van der Waals surface area contributed by atoms with Crippen molar-refractivity contribution in [2.75, 3.05) is 11.2 Å². The van der Waals surface area contributed by atoms with Crippen molar-refractivity contribution in [2.24, 2.45) is 0 Å². The van der Waals surface area contributed by atoms with Crippen molar-refractivity contribution in [3.8, 4) is 0 Å². The second kappa shape index (κ2) is 5.37. The van der Waals surface area contributed by atoms with Gasteiger partial charge in [0.2, 0.25) is 5.91 Å². The van der Waals surface area contributed by atoms with E-state index < -0.39 is 0 Å². The van der Waals surface area contributed by atoms with E-state index in [1.807, 2.05) is 24.3 Å². The zero-order chi connectivity index (χ0) is 13.1. The zero-order valence-electron chi connectivity index (χ0n) is 9.68. The molecular formula is C11H9N5OS2. The van der Waals surface area contributed by atoms with E-state index in [2.05, 4.69) is 20.6 Å². The van der Waals surface area contributed by atoms with Crippen LogP contribution in [0.15, 0.2) is 40.4 Å². The summed E-state index contributed by atoms with van der Waals surface area (Å²) in [5.41, 5.74) is 6.14. The molecule has 8 heteroatoms. The Morgan fingerprint density at radius 2 is 2.32 bits per heavy atom. The largest absolute Gasteiger partial charge is 0.272 e. The Bertz CT molecular complexity index is 694. The van der Waals surface area contributed by atoms with Crippen molar-refractivity contribution in [2.45, 2.75) is 4.34 Å². The molecule has 19 heavy (non-hydrogen) atoms. The number of hydrogen-bond acceptors (Lipinski definition) is 6.